The van der Waals surface area contributed by atoms with Gasteiger partial charge in [-0.25, -0.2) is 9.59 Å². The van der Waals surface area contributed by atoms with E-state index in [1.807, 2.05) is 18.2 Å². The summed E-state index contributed by atoms with van der Waals surface area (Å²) in [7, 11) is 0. The van der Waals surface area contributed by atoms with Crippen molar-refractivity contribution in [1.29, 1.82) is 0 Å². The molecule has 240 valence electrons. The summed E-state index contributed by atoms with van der Waals surface area (Å²) in [6.45, 7) is 2.39. The summed E-state index contributed by atoms with van der Waals surface area (Å²) in [5, 5.41) is 19.6. The average molecular weight is 621 g/mol. The zero-order chi connectivity index (χ0) is 31.8. The second kappa shape index (κ2) is 12.7. The Morgan fingerprint density at radius 3 is 2.57 bits per heavy atom. The molecule has 0 radical (unpaired) electrons. The van der Waals surface area contributed by atoms with Crippen molar-refractivity contribution < 1.29 is 29.3 Å². The van der Waals surface area contributed by atoms with Crippen molar-refractivity contribution in [1.82, 2.24) is 0 Å². The van der Waals surface area contributed by atoms with Crippen LogP contribution < -0.4 is 0 Å². The average Bonchev–Trinajstić information content (AvgIpc) is 3.55. The van der Waals surface area contributed by atoms with Gasteiger partial charge in [0.15, 0.2) is 0 Å². The molecule has 6 nitrogen and oxygen atoms in total. The highest BCUT2D eigenvalue weighted by atomic mass is 16.5. The van der Waals surface area contributed by atoms with Gasteiger partial charge < -0.3 is 19.7 Å². The molecule has 2 heterocycles. The largest absolute Gasteiger partial charge is 0.508 e. The number of hydrogen-bond donors (Lipinski definition) is 2. The summed E-state index contributed by atoms with van der Waals surface area (Å²) in [5.74, 6) is 1.19. The summed E-state index contributed by atoms with van der Waals surface area (Å²) >= 11 is 0. The fraction of sp³-hybridized carbons (Fsp3) is 0.450. The van der Waals surface area contributed by atoms with E-state index >= 15 is 0 Å². The van der Waals surface area contributed by atoms with E-state index in [4.69, 9.17) is 14.6 Å². The summed E-state index contributed by atoms with van der Waals surface area (Å²) in [6, 6.07) is 17.7. The van der Waals surface area contributed by atoms with Gasteiger partial charge in [0.25, 0.3) is 0 Å². The number of hydrogen-bond acceptors (Lipinski definition) is 6. The standard InChI is InChI=1S/C40H44O6/c1-2-25(22-26-12-7-6-8-13-26)23-33-40-20-19-29(34(37(40)39(44)46-33)27-14-11-15-28(42)24-27)30-17-18-31-32(16-9-4-3-5-10-21-41)45-38(43)35(31)36(30)40/h6-8,11-16,23-25,29-30,36,41-42H,2-5,9-10,17-22H2,1H3. The van der Waals surface area contributed by atoms with Crippen molar-refractivity contribution in [2.45, 2.75) is 77.6 Å². The van der Waals surface area contributed by atoms with Crippen molar-refractivity contribution in [2.75, 3.05) is 6.61 Å². The number of benzene rings is 2. The molecule has 0 amide bonds. The van der Waals surface area contributed by atoms with Crippen molar-refractivity contribution in [3.05, 3.63) is 106 Å². The van der Waals surface area contributed by atoms with Crippen molar-refractivity contribution in [2.24, 2.45) is 29.1 Å². The molecule has 1 saturated heterocycles. The Bertz CT molecular complexity index is 1640. The molecule has 4 aliphatic carbocycles. The lowest BCUT2D eigenvalue weighted by molar-refractivity contribution is -0.135. The highest BCUT2D eigenvalue weighted by Gasteiger charge is 2.68. The molecular formula is C40H44O6. The van der Waals surface area contributed by atoms with Crippen LogP contribution >= 0.6 is 0 Å². The Hall–Kier alpha value is -3.90. The summed E-state index contributed by atoms with van der Waals surface area (Å²) in [5.41, 5.74) is 4.79. The third kappa shape index (κ3) is 5.15. The summed E-state index contributed by atoms with van der Waals surface area (Å²) in [4.78, 5) is 28.0. The van der Waals surface area contributed by atoms with Gasteiger partial charge in [-0.05, 0) is 117 Å². The molecule has 8 rings (SSSR count). The van der Waals surface area contributed by atoms with E-state index < -0.39 is 5.41 Å². The number of unbranched alkanes of at least 4 members (excludes halogenated alkanes) is 4. The number of phenolic OH excluding ortho intramolecular Hbond substituents is 1. The van der Waals surface area contributed by atoms with Crippen LogP contribution in [-0.4, -0.2) is 28.8 Å². The molecule has 2 aromatic rings. The topological polar surface area (TPSA) is 93.1 Å². The molecular weight excluding hydrogens is 576 g/mol. The molecule has 46 heavy (non-hydrogen) atoms. The van der Waals surface area contributed by atoms with Gasteiger partial charge in [0.1, 0.15) is 17.3 Å². The highest BCUT2D eigenvalue weighted by molar-refractivity contribution is 6.06. The normalized spacial score (nSPS) is 28.8. The number of esters is 2. The minimum atomic E-state index is -0.749. The maximum atomic E-state index is 14.1. The Kier molecular flexibility index (Phi) is 8.50. The van der Waals surface area contributed by atoms with Crippen LogP contribution in [0.3, 0.4) is 0 Å². The highest BCUT2D eigenvalue weighted by Crippen LogP contribution is 2.71. The summed E-state index contributed by atoms with van der Waals surface area (Å²) < 4.78 is 12.4. The van der Waals surface area contributed by atoms with Gasteiger partial charge in [0, 0.05) is 23.7 Å². The van der Waals surface area contributed by atoms with Crippen LogP contribution in [0.25, 0.3) is 5.57 Å². The van der Waals surface area contributed by atoms with Gasteiger partial charge in [-0.2, -0.15) is 0 Å². The number of cyclic esters (lactones) is 2. The first kappa shape index (κ1) is 30.7. The first-order valence-electron chi connectivity index (χ1n) is 17.2. The minimum absolute atomic E-state index is 0.0864. The number of carbonyl (C=O) groups excluding carboxylic acids is 2. The minimum Gasteiger partial charge on any atom is -0.508 e. The molecule has 1 saturated carbocycles. The SMILES string of the molecule is CCC(C=C1OC(=O)C2=C(c3cccc(O)c3)C3CCC12C1C2=C(CCC31)C(=CCCCCCCO)OC2=O)Cc1ccccc1. The van der Waals surface area contributed by atoms with Gasteiger partial charge in [0.2, 0.25) is 0 Å². The molecule has 5 atom stereocenters. The van der Waals surface area contributed by atoms with Crippen LogP contribution in [0.15, 0.2) is 95.0 Å². The van der Waals surface area contributed by atoms with Crippen molar-refractivity contribution >= 4 is 17.5 Å². The Balaban J connectivity index is 1.34. The number of phenols is 1. The van der Waals surface area contributed by atoms with E-state index in [1.165, 1.54) is 5.56 Å². The first-order valence-corrected chi connectivity index (χ1v) is 17.2. The molecule has 6 aliphatic rings. The maximum absolute atomic E-state index is 14.1. The second-order valence-electron chi connectivity index (χ2n) is 13.7. The number of aliphatic hydroxyl groups is 1. The quantitative estimate of drug-likeness (QED) is 0.196. The van der Waals surface area contributed by atoms with Gasteiger partial charge in [0.05, 0.1) is 11.0 Å². The smallest absolute Gasteiger partial charge is 0.340 e. The van der Waals surface area contributed by atoms with E-state index in [2.05, 4.69) is 43.3 Å². The number of aromatic hydroxyl groups is 1. The molecule has 2 aliphatic heterocycles. The number of carbonyl (C=O) groups is 2. The molecule has 2 aromatic carbocycles. The number of rotatable bonds is 11. The molecule has 0 aromatic heterocycles. The zero-order valence-electron chi connectivity index (χ0n) is 26.7. The molecule has 2 bridgehead atoms. The molecule has 6 heteroatoms. The number of aliphatic hydroxyl groups excluding tert-OH is 1. The van der Waals surface area contributed by atoms with Crippen LogP contribution in [-0.2, 0) is 25.5 Å². The molecule has 2 N–H and O–H groups in total. The lowest BCUT2D eigenvalue weighted by Gasteiger charge is -2.56. The van der Waals surface area contributed by atoms with Crippen molar-refractivity contribution in [3.8, 4) is 5.75 Å². The van der Waals surface area contributed by atoms with Crippen LogP contribution in [0.4, 0.5) is 0 Å². The van der Waals surface area contributed by atoms with Gasteiger partial charge in [-0.3, -0.25) is 0 Å². The fourth-order valence-corrected chi connectivity index (χ4v) is 9.21. The van der Waals surface area contributed by atoms with E-state index in [0.717, 1.165) is 92.9 Å². The Morgan fingerprint density at radius 2 is 1.78 bits per heavy atom. The van der Waals surface area contributed by atoms with E-state index in [1.54, 1.807) is 12.1 Å². The lowest BCUT2D eigenvalue weighted by Crippen LogP contribution is -2.52. The first-order chi connectivity index (χ1) is 22.5. The van der Waals surface area contributed by atoms with Crippen LogP contribution in [0.5, 0.6) is 5.75 Å². The van der Waals surface area contributed by atoms with E-state index in [0.29, 0.717) is 17.1 Å². The number of allylic oxidation sites excluding steroid dienone is 5. The molecule has 5 unspecified atom stereocenters. The second-order valence-corrected chi connectivity index (χ2v) is 13.7. The maximum Gasteiger partial charge on any atom is 0.340 e. The number of fused-ring (bicyclic) bond motifs is 1. The van der Waals surface area contributed by atoms with Gasteiger partial charge >= 0.3 is 11.9 Å². The fourth-order valence-electron chi connectivity index (χ4n) is 9.21. The number of ether oxygens (including phenoxy) is 2. The Morgan fingerprint density at radius 1 is 0.957 bits per heavy atom. The van der Waals surface area contributed by atoms with Crippen LogP contribution in [0, 0.1) is 29.1 Å². The predicted molar refractivity (Wildman–Crippen MR) is 176 cm³/mol. The molecule has 1 spiro atoms. The van der Waals surface area contributed by atoms with Gasteiger partial charge in [-0.1, -0.05) is 62.2 Å². The molecule has 2 fully saturated rings. The summed E-state index contributed by atoms with van der Waals surface area (Å²) in [6.07, 6.45) is 13.9. The van der Waals surface area contributed by atoms with Crippen molar-refractivity contribution in [3.63, 3.8) is 0 Å². The third-order valence-corrected chi connectivity index (χ3v) is 11.2. The van der Waals surface area contributed by atoms with E-state index in [9.17, 15) is 14.7 Å². The third-order valence-electron chi connectivity index (χ3n) is 11.2. The monoisotopic (exact) mass is 620 g/mol. The zero-order valence-corrected chi connectivity index (χ0v) is 26.7. The van der Waals surface area contributed by atoms with E-state index in [-0.39, 0.29) is 48.0 Å². The Labute approximate surface area is 271 Å². The van der Waals surface area contributed by atoms with Gasteiger partial charge in [-0.15, -0.1) is 0 Å². The van der Waals surface area contributed by atoms with Crippen LogP contribution in [0.1, 0.15) is 82.3 Å². The predicted octanol–water partition coefficient (Wildman–Crippen LogP) is 7.97. The lowest BCUT2D eigenvalue weighted by atomic mass is 9.44. The van der Waals surface area contributed by atoms with Crippen LogP contribution in [0.2, 0.25) is 0 Å².